The molecule has 1 heterocycles. The van der Waals surface area contributed by atoms with Gasteiger partial charge in [0, 0.05) is 14.8 Å². The molecule has 90 valence electrons. The number of aliphatic hydroxyl groups excluding tert-OH is 1. The van der Waals surface area contributed by atoms with Crippen LogP contribution in [0.4, 0.5) is 0 Å². The Kier molecular flexibility index (Phi) is 3.87. The van der Waals surface area contributed by atoms with Gasteiger partial charge in [0.05, 0.1) is 0 Å². The molecule has 0 bridgehead atoms. The second-order valence-electron chi connectivity index (χ2n) is 4.07. The summed E-state index contributed by atoms with van der Waals surface area (Å²) in [5.41, 5.74) is 1.90. The summed E-state index contributed by atoms with van der Waals surface area (Å²) in [4.78, 5) is 2.29. The van der Waals surface area contributed by atoms with E-state index in [0.29, 0.717) is 0 Å². The molecule has 1 aromatic carbocycles. The lowest BCUT2D eigenvalue weighted by Crippen LogP contribution is -1.97. The molecule has 0 radical (unpaired) electrons. The molecule has 2 rings (SSSR count). The molecule has 3 heteroatoms. The fourth-order valence-corrected chi connectivity index (χ4v) is 2.82. The van der Waals surface area contributed by atoms with Gasteiger partial charge in [-0.15, -0.1) is 11.3 Å². The van der Waals surface area contributed by atoms with E-state index in [1.165, 1.54) is 4.88 Å². The molecular weight excluding hydrogens is 252 g/mol. The summed E-state index contributed by atoms with van der Waals surface area (Å²) >= 11 is 7.64. The molecule has 1 atom stereocenters. The van der Waals surface area contributed by atoms with Crippen LogP contribution in [0.3, 0.4) is 0 Å². The average molecular weight is 267 g/mol. The number of hydrogen-bond donors (Lipinski definition) is 1. The molecule has 0 amide bonds. The van der Waals surface area contributed by atoms with Crippen molar-refractivity contribution < 1.29 is 5.11 Å². The maximum Gasteiger partial charge on any atom is 0.113 e. The largest absolute Gasteiger partial charge is 0.383 e. The van der Waals surface area contributed by atoms with Crippen molar-refractivity contribution in [3.05, 3.63) is 56.2 Å². The zero-order valence-electron chi connectivity index (χ0n) is 9.90. The lowest BCUT2D eigenvalue weighted by atomic mass is 10.1. The Bertz CT molecular complexity index is 519. The Morgan fingerprint density at radius 2 is 2.06 bits per heavy atom. The maximum absolute atomic E-state index is 10.3. The first-order valence-corrected chi connectivity index (χ1v) is 6.84. The maximum atomic E-state index is 10.3. The van der Waals surface area contributed by atoms with E-state index in [4.69, 9.17) is 11.6 Å². The van der Waals surface area contributed by atoms with Crippen molar-refractivity contribution in [2.45, 2.75) is 26.4 Å². The number of aryl methyl sites for hydroxylation is 2. The van der Waals surface area contributed by atoms with E-state index in [0.717, 1.165) is 27.4 Å². The third-order valence-corrected chi connectivity index (χ3v) is 4.50. The van der Waals surface area contributed by atoms with Gasteiger partial charge in [0.25, 0.3) is 0 Å². The van der Waals surface area contributed by atoms with Crippen LogP contribution in [0.15, 0.2) is 30.3 Å². The van der Waals surface area contributed by atoms with Crippen LogP contribution < -0.4 is 0 Å². The first-order valence-electron chi connectivity index (χ1n) is 5.64. The Morgan fingerprint density at radius 1 is 1.29 bits per heavy atom. The normalized spacial score (nSPS) is 12.7. The van der Waals surface area contributed by atoms with Crippen LogP contribution in [0, 0.1) is 6.92 Å². The Morgan fingerprint density at radius 3 is 2.65 bits per heavy atom. The lowest BCUT2D eigenvalue weighted by molar-refractivity contribution is 0.224. The van der Waals surface area contributed by atoms with Crippen LogP contribution in [0.5, 0.6) is 0 Å². The van der Waals surface area contributed by atoms with Crippen LogP contribution >= 0.6 is 22.9 Å². The van der Waals surface area contributed by atoms with Crippen LogP contribution in [0.1, 0.15) is 33.9 Å². The van der Waals surface area contributed by atoms with E-state index in [1.54, 1.807) is 11.3 Å². The van der Waals surface area contributed by atoms with E-state index < -0.39 is 6.10 Å². The van der Waals surface area contributed by atoms with Gasteiger partial charge in [0.1, 0.15) is 6.10 Å². The van der Waals surface area contributed by atoms with Gasteiger partial charge in [-0.2, -0.15) is 0 Å². The van der Waals surface area contributed by atoms with E-state index in [2.05, 4.69) is 13.0 Å². The first-order chi connectivity index (χ1) is 8.11. The summed E-state index contributed by atoms with van der Waals surface area (Å²) in [6.07, 6.45) is 0.466. The van der Waals surface area contributed by atoms with Crippen LogP contribution in [-0.2, 0) is 6.42 Å². The number of thiophene rings is 1. The van der Waals surface area contributed by atoms with Crippen molar-refractivity contribution in [2.75, 3.05) is 0 Å². The predicted molar refractivity (Wildman–Crippen MR) is 73.9 cm³/mol. The SMILES string of the molecule is CCc1ccc(C(O)c2ccc(Cl)c(C)c2)s1. The van der Waals surface area contributed by atoms with Crippen molar-refractivity contribution in [3.63, 3.8) is 0 Å². The molecule has 0 saturated carbocycles. The fourth-order valence-electron chi connectivity index (χ4n) is 1.73. The third kappa shape index (κ3) is 2.71. The summed E-state index contributed by atoms with van der Waals surface area (Å²) in [6, 6.07) is 9.73. The number of rotatable bonds is 3. The number of hydrogen-bond acceptors (Lipinski definition) is 2. The Balaban J connectivity index is 2.29. The minimum Gasteiger partial charge on any atom is -0.383 e. The van der Waals surface area contributed by atoms with Crippen LogP contribution in [0.25, 0.3) is 0 Å². The fraction of sp³-hybridized carbons (Fsp3) is 0.286. The molecule has 1 N–H and O–H groups in total. The zero-order valence-corrected chi connectivity index (χ0v) is 11.5. The molecule has 0 aliphatic carbocycles. The smallest absolute Gasteiger partial charge is 0.113 e. The molecule has 17 heavy (non-hydrogen) atoms. The highest BCUT2D eigenvalue weighted by Gasteiger charge is 2.13. The van der Waals surface area contributed by atoms with Gasteiger partial charge in [-0.3, -0.25) is 0 Å². The molecule has 0 saturated heterocycles. The molecular formula is C14H15ClOS. The van der Waals surface area contributed by atoms with Crippen molar-refractivity contribution >= 4 is 22.9 Å². The van der Waals surface area contributed by atoms with Gasteiger partial charge >= 0.3 is 0 Å². The standard InChI is InChI=1S/C14H15ClOS/c1-3-11-5-7-13(17-11)14(16)10-4-6-12(15)9(2)8-10/h4-8,14,16H,3H2,1-2H3. The predicted octanol–water partition coefficient (Wildman–Crippen LogP) is 4.35. The van der Waals surface area contributed by atoms with Gasteiger partial charge in [-0.05, 0) is 42.7 Å². The molecule has 0 fully saturated rings. The van der Waals surface area contributed by atoms with Crippen LogP contribution in [-0.4, -0.2) is 5.11 Å². The van der Waals surface area contributed by atoms with E-state index in [1.807, 2.05) is 31.2 Å². The Hall–Kier alpha value is -0.830. The van der Waals surface area contributed by atoms with Gasteiger partial charge < -0.3 is 5.11 Å². The monoisotopic (exact) mass is 266 g/mol. The van der Waals surface area contributed by atoms with Crippen LogP contribution in [0.2, 0.25) is 5.02 Å². The van der Waals surface area contributed by atoms with Gasteiger partial charge in [-0.25, -0.2) is 0 Å². The third-order valence-electron chi connectivity index (χ3n) is 2.80. The highest BCUT2D eigenvalue weighted by molar-refractivity contribution is 7.12. The second kappa shape index (κ2) is 5.21. The van der Waals surface area contributed by atoms with Crippen molar-refractivity contribution in [1.29, 1.82) is 0 Å². The molecule has 1 aromatic heterocycles. The Labute approximate surface area is 111 Å². The molecule has 1 nitrogen and oxygen atoms in total. The number of benzene rings is 1. The lowest BCUT2D eigenvalue weighted by Gasteiger charge is -2.10. The van der Waals surface area contributed by atoms with E-state index in [9.17, 15) is 5.11 Å². The summed E-state index contributed by atoms with van der Waals surface area (Å²) in [6.45, 7) is 4.07. The van der Waals surface area contributed by atoms with Gasteiger partial charge in [-0.1, -0.05) is 30.7 Å². The van der Waals surface area contributed by atoms with Gasteiger partial charge in [0.15, 0.2) is 0 Å². The molecule has 0 aliphatic rings. The summed E-state index contributed by atoms with van der Waals surface area (Å²) in [7, 11) is 0. The first kappa shape index (κ1) is 12.6. The van der Waals surface area contributed by atoms with E-state index in [-0.39, 0.29) is 0 Å². The average Bonchev–Trinajstić information content (AvgIpc) is 2.80. The topological polar surface area (TPSA) is 20.2 Å². The minimum atomic E-state index is -0.545. The number of halogens is 1. The highest BCUT2D eigenvalue weighted by Crippen LogP contribution is 2.30. The summed E-state index contributed by atoms with van der Waals surface area (Å²) in [5.74, 6) is 0. The highest BCUT2D eigenvalue weighted by atomic mass is 35.5. The summed E-state index contributed by atoms with van der Waals surface area (Å²) < 4.78 is 0. The quantitative estimate of drug-likeness (QED) is 0.875. The van der Waals surface area contributed by atoms with E-state index >= 15 is 0 Å². The minimum absolute atomic E-state index is 0.545. The van der Waals surface area contributed by atoms with Crippen molar-refractivity contribution in [1.82, 2.24) is 0 Å². The molecule has 1 unspecified atom stereocenters. The van der Waals surface area contributed by atoms with Crippen molar-refractivity contribution in [2.24, 2.45) is 0 Å². The molecule has 2 aromatic rings. The number of aliphatic hydroxyl groups is 1. The molecule has 0 spiro atoms. The summed E-state index contributed by atoms with van der Waals surface area (Å²) in [5, 5.41) is 11.0. The molecule has 0 aliphatic heterocycles. The van der Waals surface area contributed by atoms with Crippen molar-refractivity contribution in [3.8, 4) is 0 Å². The zero-order chi connectivity index (χ0) is 12.4. The van der Waals surface area contributed by atoms with Gasteiger partial charge in [0.2, 0.25) is 0 Å². The second-order valence-corrected chi connectivity index (χ2v) is 5.68.